The minimum Gasteiger partial charge on any atom is -0.477 e. The Morgan fingerprint density at radius 3 is 2.31 bits per heavy atom. The summed E-state index contributed by atoms with van der Waals surface area (Å²) in [5, 5.41) is 12.5. The Morgan fingerprint density at radius 2 is 1.88 bits per heavy atom. The maximum atomic E-state index is 11.2. The predicted octanol–water partition coefficient (Wildman–Crippen LogP) is 1.66. The summed E-state index contributed by atoms with van der Waals surface area (Å²) in [6.07, 6.45) is 3.59. The maximum absolute atomic E-state index is 11.2. The SMILES string of the molecule is CCCCCNC[N+](C)(C)C(C)(C)C(=O)O. The Kier molecular flexibility index (Phi) is 5.97. The summed E-state index contributed by atoms with van der Waals surface area (Å²) in [6.45, 7) is 7.36. The molecule has 4 nitrogen and oxygen atoms in total. The molecule has 0 aliphatic carbocycles. The fourth-order valence-corrected chi connectivity index (χ4v) is 1.32. The van der Waals surface area contributed by atoms with Crippen LogP contribution < -0.4 is 5.32 Å². The highest BCUT2D eigenvalue weighted by Gasteiger charge is 2.43. The molecule has 0 aromatic carbocycles. The monoisotopic (exact) mass is 231 g/mol. The second kappa shape index (κ2) is 6.21. The van der Waals surface area contributed by atoms with E-state index in [2.05, 4.69) is 12.2 Å². The maximum Gasteiger partial charge on any atom is 0.365 e. The van der Waals surface area contributed by atoms with Crippen molar-refractivity contribution < 1.29 is 14.4 Å². The van der Waals surface area contributed by atoms with Crippen LogP contribution in [-0.4, -0.2) is 48.4 Å². The first kappa shape index (κ1) is 15.4. The van der Waals surface area contributed by atoms with E-state index in [0.29, 0.717) is 11.2 Å². The number of nitrogens with one attached hydrogen (secondary N) is 1. The standard InChI is InChI=1S/C12H26N2O2/c1-6-7-8-9-13-10-14(4,5)12(2,3)11(15)16/h13H,6-10H2,1-5H3/p+1. The quantitative estimate of drug-likeness (QED) is 0.379. The number of carbonyl (C=O) groups is 1. The molecule has 2 N–H and O–H groups in total. The van der Waals surface area contributed by atoms with Gasteiger partial charge in [-0.3, -0.25) is 5.32 Å². The van der Waals surface area contributed by atoms with Crippen LogP contribution >= 0.6 is 0 Å². The van der Waals surface area contributed by atoms with Crippen LogP contribution in [0.5, 0.6) is 0 Å². The number of carboxylic acid groups (broad SMARTS) is 1. The zero-order chi connectivity index (χ0) is 12.8. The molecule has 0 atom stereocenters. The van der Waals surface area contributed by atoms with E-state index in [1.807, 2.05) is 14.1 Å². The number of aliphatic carboxylic acids is 1. The van der Waals surface area contributed by atoms with E-state index < -0.39 is 11.5 Å². The van der Waals surface area contributed by atoms with E-state index in [1.54, 1.807) is 13.8 Å². The summed E-state index contributed by atoms with van der Waals surface area (Å²) in [5.41, 5.74) is -0.766. The minimum absolute atomic E-state index is 0.439. The zero-order valence-electron chi connectivity index (χ0n) is 11.3. The highest BCUT2D eigenvalue weighted by Crippen LogP contribution is 2.19. The average molecular weight is 231 g/mol. The van der Waals surface area contributed by atoms with Gasteiger partial charge in [0.1, 0.15) is 6.67 Å². The molecule has 0 amide bonds. The fraction of sp³-hybridized carbons (Fsp3) is 0.917. The Balaban J connectivity index is 4.09. The summed E-state index contributed by atoms with van der Waals surface area (Å²) < 4.78 is 0.439. The van der Waals surface area contributed by atoms with E-state index in [1.165, 1.54) is 12.8 Å². The molecular formula is C12H27N2O2+. The molecular weight excluding hydrogens is 204 g/mol. The Bertz CT molecular complexity index is 225. The van der Waals surface area contributed by atoms with Gasteiger partial charge >= 0.3 is 5.97 Å². The van der Waals surface area contributed by atoms with Crippen molar-refractivity contribution in [1.29, 1.82) is 0 Å². The molecule has 0 aliphatic heterocycles. The van der Waals surface area contributed by atoms with Gasteiger partial charge in [-0.1, -0.05) is 19.8 Å². The van der Waals surface area contributed by atoms with Gasteiger partial charge < -0.3 is 9.59 Å². The van der Waals surface area contributed by atoms with Crippen molar-refractivity contribution in [2.24, 2.45) is 0 Å². The molecule has 0 spiro atoms. The normalized spacial score (nSPS) is 12.8. The highest BCUT2D eigenvalue weighted by molar-refractivity contribution is 5.76. The van der Waals surface area contributed by atoms with Crippen molar-refractivity contribution in [3.8, 4) is 0 Å². The number of nitrogens with zero attached hydrogens (tertiary/aromatic N) is 1. The Labute approximate surface area is 99.2 Å². The highest BCUT2D eigenvalue weighted by atomic mass is 16.4. The minimum atomic E-state index is -0.766. The molecule has 0 heterocycles. The van der Waals surface area contributed by atoms with Gasteiger partial charge in [-0.05, 0) is 6.42 Å². The topological polar surface area (TPSA) is 49.3 Å². The number of quaternary nitrogens is 1. The molecule has 0 aromatic heterocycles. The molecule has 0 fully saturated rings. The Morgan fingerprint density at radius 1 is 1.31 bits per heavy atom. The molecule has 0 saturated carbocycles. The second-order valence-electron chi connectivity index (χ2n) is 5.41. The smallest absolute Gasteiger partial charge is 0.365 e. The number of unbranched alkanes of at least 4 members (excludes halogenated alkanes) is 2. The van der Waals surface area contributed by atoms with Gasteiger partial charge in [-0.25, -0.2) is 4.79 Å². The molecule has 4 heteroatoms. The summed E-state index contributed by atoms with van der Waals surface area (Å²) in [6, 6.07) is 0. The molecule has 16 heavy (non-hydrogen) atoms. The summed E-state index contributed by atoms with van der Waals surface area (Å²) >= 11 is 0. The third-order valence-electron chi connectivity index (χ3n) is 3.50. The van der Waals surface area contributed by atoms with Crippen LogP contribution in [0.3, 0.4) is 0 Å². The molecule has 0 bridgehead atoms. The molecule has 0 rings (SSSR count). The van der Waals surface area contributed by atoms with Crippen molar-refractivity contribution in [2.75, 3.05) is 27.3 Å². The molecule has 96 valence electrons. The van der Waals surface area contributed by atoms with Crippen LogP contribution in [0, 0.1) is 0 Å². The van der Waals surface area contributed by atoms with Crippen molar-refractivity contribution in [3.05, 3.63) is 0 Å². The Hall–Kier alpha value is -0.610. The molecule has 0 saturated heterocycles. The van der Waals surface area contributed by atoms with Gasteiger partial charge in [-0.15, -0.1) is 0 Å². The number of hydrogen-bond donors (Lipinski definition) is 2. The van der Waals surface area contributed by atoms with E-state index in [4.69, 9.17) is 0 Å². The first-order valence-electron chi connectivity index (χ1n) is 6.03. The van der Waals surface area contributed by atoms with Crippen LogP contribution in [0.4, 0.5) is 0 Å². The number of likely N-dealkylation sites (N-methyl/N-ethyl adjacent to an activating group) is 1. The van der Waals surface area contributed by atoms with Gasteiger partial charge in [0.25, 0.3) is 0 Å². The van der Waals surface area contributed by atoms with Gasteiger partial charge in [0.2, 0.25) is 0 Å². The van der Waals surface area contributed by atoms with Crippen molar-refractivity contribution in [3.63, 3.8) is 0 Å². The predicted molar refractivity (Wildman–Crippen MR) is 66.2 cm³/mol. The van der Waals surface area contributed by atoms with Crippen molar-refractivity contribution >= 4 is 5.97 Å². The summed E-state index contributed by atoms with van der Waals surface area (Å²) in [4.78, 5) is 11.2. The van der Waals surface area contributed by atoms with E-state index >= 15 is 0 Å². The lowest BCUT2D eigenvalue weighted by atomic mass is 10.0. The fourth-order valence-electron chi connectivity index (χ4n) is 1.32. The van der Waals surface area contributed by atoms with Gasteiger partial charge in [0.05, 0.1) is 14.1 Å². The lowest BCUT2D eigenvalue weighted by molar-refractivity contribution is -0.930. The lowest BCUT2D eigenvalue weighted by Gasteiger charge is -2.41. The first-order chi connectivity index (χ1) is 7.25. The van der Waals surface area contributed by atoms with Crippen molar-refractivity contribution in [1.82, 2.24) is 5.32 Å². The van der Waals surface area contributed by atoms with Crippen LogP contribution in [-0.2, 0) is 4.79 Å². The van der Waals surface area contributed by atoms with E-state index in [0.717, 1.165) is 13.0 Å². The second-order valence-corrected chi connectivity index (χ2v) is 5.41. The molecule has 0 aliphatic rings. The van der Waals surface area contributed by atoms with Gasteiger partial charge in [0, 0.05) is 20.4 Å². The number of carboxylic acids is 1. The zero-order valence-corrected chi connectivity index (χ0v) is 11.3. The van der Waals surface area contributed by atoms with Crippen LogP contribution in [0.1, 0.15) is 40.0 Å². The summed E-state index contributed by atoms with van der Waals surface area (Å²) in [5.74, 6) is -0.757. The number of rotatable bonds is 8. The number of hydrogen-bond acceptors (Lipinski definition) is 2. The van der Waals surface area contributed by atoms with Crippen LogP contribution in [0.2, 0.25) is 0 Å². The van der Waals surface area contributed by atoms with Crippen LogP contribution in [0.25, 0.3) is 0 Å². The molecule has 0 aromatic rings. The average Bonchev–Trinajstić information content (AvgIpc) is 2.16. The van der Waals surface area contributed by atoms with Crippen LogP contribution in [0.15, 0.2) is 0 Å². The van der Waals surface area contributed by atoms with Gasteiger partial charge in [-0.2, -0.15) is 0 Å². The lowest BCUT2D eigenvalue weighted by Crippen LogP contribution is -2.63. The van der Waals surface area contributed by atoms with E-state index in [-0.39, 0.29) is 0 Å². The molecule has 0 radical (unpaired) electrons. The first-order valence-corrected chi connectivity index (χ1v) is 6.03. The third-order valence-corrected chi connectivity index (χ3v) is 3.50. The van der Waals surface area contributed by atoms with E-state index in [9.17, 15) is 9.90 Å². The third kappa shape index (κ3) is 4.10. The molecule has 0 unspecified atom stereocenters. The van der Waals surface area contributed by atoms with Crippen molar-refractivity contribution in [2.45, 2.75) is 45.6 Å². The van der Waals surface area contributed by atoms with Gasteiger partial charge in [0.15, 0.2) is 5.54 Å². The largest absolute Gasteiger partial charge is 0.477 e. The summed E-state index contributed by atoms with van der Waals surface area (Å²) in [7, 11) is 3.89.